The largest absolute Gasteiger partial charge is 0.329 e. The van der Waals surface area contributed by atoms with Gasteiger partial charge in [0.15, 0.2) is 11.2 Å². The Kier molecular flexibility index (Phi) is 5.59. The number of anilines is 1. The first-order chi connectivity index (χ1) is 13.8. The quantitative estimate of drug-likeness (QED) is 0.356. The van der Waals surface area contributed by atoms with Crippen LogP contribution in [0.1, 0.15) is 12.5 Å². The number of halogens is 1. The minimum Gasteiger partial charge on any atom is -0.299 e. The third-order valence-corrected chi connectivity index (χ3v) is 4.18. The third kappa shape index (κ3) is 4.24. The Morgan fingerprint density at radius 2 is 2.21 bits per heavy atom. The number of aryl methyl sites for hydroxylation is 1. The number of aromatic nitrogens is 4. The Morgan fingerprint density at radius 1 is 1.45 bits per heavy atom. The Bertz CT molecular complexity index is 1270. The summed E-state index contributed by atoms with van der Waals surface area (Å²) in [5.41, 5.74) is 2.30. The van der Waals surface area contributed by atoms with Crippen molar-refractivity contribution in [2.45, 2.75) is 13.5 Å². The smallest absolute Gasteiger partial charge is 0.299 e. The van der Waals surface area contributed by atoms with Crippen LogP contribution >= 0.6 is 11.6 Å². The van der Waals surface area contributed by atoms with E-state index in [4.69, 9.17) is 11.6 Å². The molecule has 0 radical (unpaired) electrons. The molecule has 0 aliphatic rings. The van der Waals surface area contributed by atoms with Gasteiger partial charge in [0.1, 0.15) is 0 Å². The number of nitro benzene ring substituents is 1. The lowest BCUT2D eigenvalue weighted by molar-refractivity contribution is -0.384. The number of imidazole rings is 1. The fourth-order valence-electron chi connectivity index (χ4n) is 2.60. The number of non-ortho nitro benzene ring substituents is 1. The highest BCUT2D eigenvalue weighted by molar-refractivity contribution is 6.29. The molecule has 1 aromatic carbocycles. The average molecular weight is 418 g/mol. The molecule has 0 saturated carbocycles. The van der Waals surface area contributed by atoms with Gasteiger partial charge in [0.25, 0.3) is 11.2 Å². The van der Waals surface area contributed by atoms with Gasteiger partial charge >= 0.3 is 5.69 Å². The number of fused-ring (bicyclic) bond motifs is 1. The maximum atomic E-state index is 12.3. The molecule has 0 fully saturated rings. The summed E-state index contributed by atoms with van der Waals surface area (Å²) >= 11 is 5.90. The minimum absolute atomic E-state index is 0.0644. The normalized spacial score (nSPS) is 12.0. The van der Waals surface area contributed by atoms with Crippen molar-refractivity contribution < 1.29 is 4.92 Å². The zero-order valence-electron chi connectivity index (χ0n) is 15.4. The molecule has 0 saturated heterocycles. The van der Waals surface area contributed by atoms with E-state index in [0.29, 0.717) is 10.6 Å². The molecular formula is C17H16ClN7O4. The molecule has 3 rings (SSSR count). The second-order valence-corrected chi connectivity index (χ2v) is 6.65. The van der Waals surface area contributed by atoms with E-state index in [1.165, 1.54) is 40.6 Å². The van der Waals surface area contributed by atoms with E-state index in [1.807, 2.05) is 0 Å². The Balaban J connectivity index is 2.02. The predicted molar refractivity (Wildman–Crippen MR) is 110 cm³/mol. The SMILES string of the molecule is C/C(Cl)=C/Cn1c(N/N=C\c2cccc([N+](=O)[O-])c2)nc2c1c(=O)[nH]c(=O)n2C. The number of hydrazone groups is 1. The van der Waals surface area contributed by atoms with Crippen molar-refractivity contribution in [3.63, 3.8) is 0 Å². The lowest BCUT2D eigenvalue weighted by atomic mass is 10.2. The van der Waals surface area contributed by atoms with Crippen LogP contribution < -0.4 is 16.7 Å². The van der Waals surface area contributed by atoms with Crippen molar-refractivity contribution in [1.82, 2.24) is 19.1 Å². The predicted octanol–water partition coefficient (Wildman–Crippen LogP) is 1.92. The van der Waals surface area contributed by atoms with Gasteiger partial charge in [-0.05, 0) is 6.92 Å². The van der Waals surface area contributed by atoms with Gasteiger partial charge in [-0.1, -0.05) is 29.8 Å². The summed E-state index contributed by atoms with van der Waals surface area (Å²) in [6, 6.07) is 5.92. The highest BCUT2D eigenvalue weighted by atomic mass is 35.5. The summed E-state index contributed by atoms with van der Waals surface area (Å²) < 4.78 is 2.73. The monoisotopic (exact) mass is 417 g/mol. The van der Waals surface area contributed by atoms with E-state index in [1.54, 1.807) is 19.1 Å². The molecule has 29 heavy (non-hydrogen) atoms. The molecule has 0 aliphatic heterocycles. The van der Waals surface area contributed by atoms with Crippen molar-refractivity contribution >= 4 is 40.6 Å². The molecule has 0 amide bonds. The fraction of sp³-hybridized carbons (Fsp3) is 0.176. The second-order valence-electron chi connectivity index (χ2n) is 6.05. The third-order valence-electron chi connectivity index (χ3n) is 4.02. The number of nitrogens with zero attached hydrogens (tertiary/aromatic N) is 5. The average Bonchev–Trinajstić information content (AvgIpc) is 3.04. The molecule has 11 nitrogen and oxygen atoms in total. The summed E-state index contributed by atoms with van der Waals surface area (Å²) in [7, 11) is 1.48. The molecule has 2 heterocycles. The van der Waals surface area contributed by atoms with Crippen molar-refractivity contribution in [3.8, 4) is 0 Å². The first-order valence-electron chi connectivity index (χ1n) is 8.33. The molecule has 0 spiro atoms. The van der Waals surface area contributed by atoms with Crippen LogP contribution in [-0.4, -0.2) is 30.2 Å². The Hall–Kier alpha value is -3.73. The molecule has 150 valence electrons. The van der Waals surface area contributed by atoms with Crippen LogP contribution in [0.4, 0.5) is 11.6 Å². The van der Waals surface area contributed by atoms with Gasteiger partial charge in [-0.3, -0.25) is 29.0 Å². The van der Waals surface area contributed by atoms with E-state index in [0.717, 1.165) is 0 Å². The number of hydrogen-bond donors (Lipinski definition) is 2. The Morgan fingerprint density at radius 3 is 2.90 bits per heavy atom. The highest BCUT2D eigenvalue weighted by Gasteiger charge is 2.16. The van der Waals surface area contributed by atoms with Crippen LogP contribution in [0.3, 0.4) is 0 Å². The molecule has 12 heteroatoms. The van der Waals surface area contributed by atoms with Gasteiger partial charge in [-0.2, -0.15) is 10.1 Å². The van der Waals surface area contributed by atoms with Gasteiger partial charge in [0.05, 0.1) is 11.1 Å². The van der Waals surface area contributed by atoms with Crippen molar-refractivity contribution in [3.05, 3.63) is 71.9 Å². The number of aromatic amines is 1. The van der Waals surface area contributed by atoms with Gasteiger partial charge in [-0.25, -0.2) is 10.2 Å². The number of rotatable bonds is 6. The van der Waals surface area contributed by atoms with Crippen LogP contribution in [0.2, 0.25) is 0 Å². The number of benzene rings is 1. The lowest BCUT2D eigenvalue weighted by Crippen LogP contribution is -2.29. The Labute approximate surface area is 168 Å². The summed E-state index contributed by atoms with van der Waals surface area (Å²) in [6.07, 6.45) is 3.05. The first kappa shape index (κ1) is 20.0. The molecule has 2 N–H and O–H groups in total. The standard InChI is InChI=1S/C17H16ClN7O4/c1-10(18)6-7-24-13-14(23(2)17(27)21-15(13)26)20-16(24)22-19-9-11-4-3-5-12(8-11)25(28)29/h3-6,8-9H,7H2,1-2H3,(H,20,22)(H,21,26,27)/b10-6-,19-9-. The number of nitro groups is 1. The van der Waals surface area contributed by atoms with Crippen LogP contribution in [0.25, 0.3) is 11.2 Å². The maximum absolute atomic E-state index is 12.3. The van der Waals surface area contributed by atoms with E-state index in [-0.39, 0.29) is 29.3 Å². The fourth-order valence-corrected chi connectivity index (χ4v) is 2.67. The molecular weight excluding hydrogens is 402 g/mol. The van der Waals surface area contributed by atoms with E-state index in [9.17, 15) is 19.7 Å². The molecule has 0 aliphatic carbocycles. The van der Waals surface area contributed by atoms with Gasteiger partial charge in [0.2, 0.25) is 5.95 Å². The maximum Gasteiger partial charge on any atom is 0.329 e. The minimum atomic E-state index is -0.595. The summed E-state index contributed by atoms with van der Waals surface area (Å²) in [6.45, 7) is 1.90. The molecule has 0 bridgehead atoms. The van der Waals surface area contributed by atoms with Gasteiger partial charge in [-0.15, -0.1) is 0 Å². The lowest BCUT2D eigenvalue weighted by Gasteiger charge is -2.05. The summed E-state index contributed by atoms with van der Waals surface area (Å²) in [5.74, 6) is 0.197. The van der Waals surface area contributed by atoms with E-state index >= 15 is 0 Å². The van der Waals surface area contributed by atoms with Crippen molar-refractivity contribution in [2.24, 2.45) is 12.1 Å². The second kappa shape index (κ2) is 8.10. The molecule has 0 atom stereocenters. The van der Waals surface area contributed by atoms with Crippen LogP contribution in [0.15, 0.2) is 50.1 Å². The number of hydrogen-bond acceptors (Lipinski definition) is 7. The summed E-state index contributed by atoms with van der Waals surface area (Å²) in [5, 5.41) is 15.4. The van der Waals surface area contributed by atoms with Gasteiger partial charge < -0.3 is 0 Å². The topological polar surface area (TPSA) is 140 Å². The number of nitrogens with one attached hydrogen (secondary N) is 2. The van der Waals surface area contributed by atoms with E-state index in [2.05, 4.69) is 20.5 Å². The first-order valence-corrected chi connectivity index (χ1v) is 8.71. The zero-order valence-corrected chi connectivity index (χ0v) is 16.2. The van der Waals surface area contributed by atoms with Crippen molar-refractivity contribution in [2.75, 3.05) is 5.43 Å². The van der Waals surface area contributed by atoms with Crippen LogP contribution in [-0.2, 0) is 13.6 Å². The highest BCUT2D eigenvalue weighted by Crippen LogP contribution is 2.17. The molecule has 3 aromatic rings. The van der Waals surface area contributed by atoms with Crippen molar-refractivity contribution in [1.29, 1.82) is 0 Å². The zero-order chi connectivity index (χ0) is 21.1. The van der Waals surface area contributed by atoms with Crippen LogP contribution in [0.5, 0.6) is 0 Å². The molecule has 2 aromatic heterocycles. The van der Waals surface area contributed by atoms with Crippen LogP contribution in [0, 0.1) is 10.1 Å². The summed E-state index contributed by atoms with van der Waals surface area (Å²) in [4.78, 5) is 41.0. The van der Waals surface area contributed by atoms with Gasteiger partial charge in [0, 0.05) is 36.3 Å². The number of H-pyrrole nitrogens is 1. The number of allylic oxidation sites excluding steroid dienone is 2. The molecule has 0 unspecified atom stereocenters. The van der Waals surface area contributed by atoms with E-state index < -0.39 is 16.2 Å².